The fraction of sp³-hybridized carbons (Fsp3) is 0.857. The minimum absolute atomic E-state index is 0.448. The molecule has 1 N–H and O–H groups in total. The SMILES string of the molecule is CCN(CC)CCNC([O])=O. The highest BCUT2D eigenvalue weighted by atomic mass is 16.4. The van der Waals surface area contributed by atoms with E-state index in [0.29, 0.717) is 6.54 Å². The first-order valence-corrected chi connectivity index (χ1v) is 3.87. The van der Waals surface area contributed by atoms with E-state index in [2.05, 4.69) is 10.2 Å². The van der Waals surface area contributed by atoms with Crippen molar-refractivity contribution in [3.05, 3.63) is 0 Å². The Labute approximate surface area is 67.2 Å². The van der Waals surface area contributed by atoms with Crippen molar-refractivity contribution in [2.75, 3.05) is 26.2 Å². The molecule has 65 valence electrons. The van der Waals surface area contributed by atoms with E-state index < -0.39 is 6.09 Å². The molecule has 0 aliphatic carbocycles. The van der Waals surface area contributed by atoms with Crippen LogP contribution in [0, 0.1) is 0 Å². The molecule has 0 spiro atoms. The second-order valence-electron chi connectivity index (χ2n) is 2.24. The maximum Gasteiger partial charge on any atom is 0.450 e. The molecule has 0 unspecified atom stereocenters. The third-order valence-corrected chi connectivity index (χ3v) is 1.59. The van der Waals surface area contributed by atoms with Gasteiger partial charge in [0.25, 0.3) is 0 Å². The van der Waals surface area contributed by atoms with Crippen molar-refractivity contribution in [3.63, 3.8) is 0 Å². The third-order valence-electron chi connectivity index (χ3n) is 1.59. The Morgan fingerprint density at radius 2 is 1.91 bits per heavy atom. The predicted molar refractivity (Wildman–Crippen MR) is 41.9 cm³/mol. The quantitative estimate of drug-likeness (QED) is 0.634. The van der Waals surface area contributed by atoms with Gasteiger partial charge in [-0.05, 0) is 13.1 Å². The summed E-state index contributed by atoms with van der Waals surface area (Å²) >= 11 is 0. The van der Waals surface area contributed by atoms with Crippen LogP contribution in [0.3, 0.4) is 0 Å². The second-order valence-corrected chi connectivity index (χ2v) is 2.24. The maximum atomic E-state index is 9.92. The summed E-state index contributed by atoms with van der Waals surface area (Å²) in [5.41, 5.74) is 0. The van der Waals surface area contributed by atoms with Crippen LogP contribution in [0.1, 0.15) is 13.8 Å². The minimum atomic E-state index is -1.20. The Bertz CT molecular complexity index is 113. The van der Waals surface area contributed by atoms with E-state index in [0.717, 1.165) is 19.6 Å². The van der Waals surface area contributed by atoms with Crippen LogP contribution in [-0.2, 0) is 5.11 Å². The van der Waals surface area contributed by atoms with Crippen molar-refractivity contribution < 1.29 is 9.90 Å². The molecule has 0 rings (SSSR count). The van der Waals surface area contributed by atoms with Crippen molar-refractivity contribution in [3.8, 4) is 0 Å². The predicted octanol–water partition coefficient (Wildman–Crippen LogP) is 0.468. The number of amides is 1. The Morgan fingerprint density at radius 1 is 1.36 bits per heavy atom. The van der Waals surface area contributed by atoms with Gasteiger partial charge in [0.2, 0.25) is 0 Å². The smallest absolute Gasteiger partial charge is 0.317 e. The normalized spacial score (nSPS) is 10.1. The van der Waals surface area contributed by atoms with Crippen LogP contribution in [0.2, 0.25) is 0 Å². The van der Waals surface area contributed by atoms with Crippen LogP contribution < -0.4 is 5.32 Å². The minimum Gasteiger partial charge on any atom is -0.317 e. The lowest BCUT2D eigenvalue weighted by Gasteiger charge is -2.16. The van der Waals surface area contributed by atoms with Crippen molar-refractivity contribution in [2.24, 2.45) is 0 Å². The molecule has 0 aromatic rings. The van der Waals surface area contributed by atoms with Gasteiger partial charge < -0.3 is 10.2 Å². The summed E-state index contributed by atoms with van der Waals surface area (Å²) in [7, 11) is 0. The van der Waals surface area contributed by atoms with E-state index in [-0.39, 0.29) is 0 Å². The Kier molecular flexibility index (Phi) is 5.56. The Balaban J connectivity index is 3.28. The lowest BCUT2D eigenvalue weighted by atomic mass is 10.5. The summed E-state index contributed by atoms with van der Waals surface area (Å²) in [6.07, 6.45) is -1.20. The summed E-state index contributed by atoms with van der Waals surface area (Å²) < 4.78 is 0. The van der Waals surface area contributed by atoms with Crippen LogP contribution in [0.4, 0.5) is 4.79 Å². The molecule has 0 atom stereocenters. The molecule has 4 nitrogen and oxygen atoms in total. The molecular formula is C7H15N2O2. The summed E-state index contributed by atoms with van der Waals surface area (Å²) in [5.74, 6) is 0. The number of carbonyl (C=O) groups excluding carboxylic acids is 1. The lowest BCUT2D eigenvalue weighted by molar-refractivity contribution is 0.166. The average Bonchev–Trinajstić information content (AvgIpc) is 1.98. The van der Waals surface area contributed by atoms with Gasteiger partial charge in [0.1, 0.15) is 0 Å². The van der Waals surface area contributed by atoms with Gasteiger partial charge in [-0.2, -0.15) is 0 Å². The van der Waals surface area contributed by atoms with E-state index in [4.69, 9.17) is 0 Å². The number of nitrogens with one attached hydrogen (secondary N) is 1. The molecule has 0 aromatic carbocycles. The largest absolute Gasteiger partial charge is 0.450 e. The molecule has 11 heavy (non-hydrogen) atoms. The summed E-state index contributed by atoms with van der Waals surface area (Å²) in [6, 6.07) is 0. The zero-order chi connectivity index (χ0) is 8.69. The molecule has 1 amide bonds. The second kappa shape index (κ2) is 5.97. The van der Waals surface area contributed by atoms with E-state index in [9.17, 15) is 9.90 Å². The van der Waals surface area contributed by atoms with Gasteiger partial charge in [-0.3, -0.25) is 0 Å². The number of carbonyl (C=O) groups is 1. The van der Waals surface area contributed by atoms with Crippen molar-refractivity contribution >= 4 is 6.09 Å². The van der Waals surface area contributed by atoms with E-state index in [1.54, 1.807) is 0 Å². The van der Waals surface area contributed by atoms with Gasteiger partial charge >= 0.3 is 6.09 Å². The van der Waals surface area contributed by atoms with Crippen LogP contribution in [0.5, 0.6) is 0 Å². The zero-order valence-electron chi connectivity index (χ0n) is 7.09. The molecule has 0 heterocycles. The molecule has 4 heteroatoms. The number of nitrogens with zero attached hydrogens (tertiary/aromatic N) is 1. The monoisotopic (exact) mass is 159 g/mol. The maximum absolute atomic E-state index is 9.92. The van der Waals surface area contributed by atoms with E-state index in [1.165, 1.54) is 0 Å². The molecule has 0 bridgehead atoms. The first-order chi connectivity index (χ1) is 5.20. The van der Waals surface area contributed by atoms with Gasteiger partial charge in [-0.25, -0.2) is 9.90 Å². The van der Waals surface area contributed by atoms with Gasteiger partial charge in [-0.1, -0.05) is 13.8 Å². The average molecular weight is 159 g/mol. The number of likely N-dealkylation sites (N-methyl/N-ethyl adjacent to an activating group) is 1. The fourth-order valence-corrected chi connectivity index (χ4v) is 0.856. The molecule has 0 saturated carbocycles. The van der Waals surface area contributed by atoms with E-state index in [1.807, 2.05) is 13.8 Å². The molecule has 0 fully saturated rings. The van der Waals surface area contributed by atoms with Gasteiger partial charge in [0, 0.05) is 13.1 Å². The molecule has 0 aliphatic heterocycles. The van der Waals surface area contributed by atoms with Crippen molar-refractivity contribution in [1.82, 2.24) is 10.2 Å². The summed E-state index contributed by atoms with van der Waals surface area (Å²) in [6.45, 7) is 7.19. The summed E-state index contributed by atoms with van der Waals surface area (Å²) in [5, 5.41) is 12.1. The van der Waals surface area contributed by atoms with Crippen molar-refractivity contribution in [1.29, 1.82) is 0 Å². The summed E-state index contributed by atoms with van der Waals surface area (Å²) in [4.78, 5) is 12.1. The molecule has 0 aliphatic rings. The molecule has 1 radical (unpaired) electrons. The topological polar surface area (TPSA) is 52.2 Å². The van der Waals surface area contributed by atoms with Crippen LogP contribution in [0.15, 0.2) is 0 Å². The van der Waals surface area contributed by atoms with Crippen LogP contribution in [0.25, 0.3) is 0 Å². The molecule has 0 aromatic heterocycles. The van der Waals surface area contributed by atoms with Crippen LogP contribution in [-0.4, -0.2) is 37.2 Å². The number of hydrogen-bond donors (Lipinski definition) is 1. The number of rotatable bonds is 5. The third kappa shape index (κ3) is 5.66. The highest BCUT2D eigenvalue weighted by Gasteiger charge is 1.99. The first-order valence-electron chi connectivity index (χ1n) is 3.87. The Morgan fingerprint density at radius 3 is 2.27 bits per heavy atom. The molecule has 0 saturated heterocycles. The van der Waals surface area contributed by atoms with E-state index >= 15 is 0 Å². The van der Waals surface area contributed by atoms with Gasteiger partial charge in [0.15, 0.2) is 0 Å². The standard InChI is InChI=1S/C7H15N2O2/c1-3-9(4-2)6-5-8-7(10)11/h8H,3-6H2,1-2H3. The lowest BCUT2D eigenvalue weighted by Crippen LogP contribution is -2.33. The highest BCUT2D eigenvalue weighted by molar-refractivity contribution is 5.63. The van der Waals surface area contributed by atoms with Crippen molar-refractivity contribution in [2.45, 2.75) is 13.8 Å². The first kappa shape index (κ1) is 10.2. The number of hydrogen-bond acceptors (Lipinski definition) is 2. The van der Waals surface area contributed by atoms with Gasteiger partial charge in [0.05, 0.1) is 0 Å². The van der Waals surface area contributed by atoms with Crippen LogP contribution >= 0.6 is 0 Å². The Hall–Kier alpha value is -0.770. The highest BCUT2D eigenvalue weighted by Crippen LogP contribution is 1.83. The zero-order valence-corrected chi connectivity index (χ0v) is 7.09. The fourth-order valence-electron chi connectivity index (χ4n) is 0.856. The van der Waals surface area contributed by atoms with Gasteiger partial charge in [-0.15, -0.1) is 0 Å². The molecular weight excluding hydrogens is 144 g/mol.